The fourth-order valence-corrected chi connectivity index (χ4v) is 2.43. The molecule has 0 unspecified atom stereocenters. The molecule has 2 heterocycles. The Morgan fingerprint density at radius 3 is 2.89 bits per heavy atom. The summed E-state index contributed by atoms with van der Waals surface area (Å²) >= 11 is 2.21. The van der Waals surface area contributed by atoms with Gasteiger partial charge in [0.05, 0.1) is 9.09 Å². The number of nitrogens with one attached hydrogen (secondary N) is 1. The number of anilines is 1. The molecule has 0 fully saturated rings. The number of aromatic nitrogens is 3. The van der Waals surface area contributed by atoms with Gasteiger partial charge in [-0.15, -0.1) is 0 Å². The first-order chi connectivity index (χ1) is 9.28. The summed E-state index contributed by atoms with van der Waals surface area (Å²) < 4.78 is 1.01. The second-order valence-electron chi connectivity index (χ2n) is 4.05. The summed E-state index contributed by atoms with van der Waals surface area (Å²) in [6, 6.07) is 10.0. The molecule has 0 saturated carbocycles. The Morgan fingerprint density at radius 2 is 2.05 bits per heavy atom. The third-order valence-corrected chi connectivity index (χ3v) is 3.63. The Bertz CT molecular complexity index is 742. The van der Waals surface area contributed by atoms with Gasteiger partial charge in [-0.25, -0.2) is 9.97 Å². The zero-order valence-electron chi connectivity index (χ0n) is 10.3. The number of halogens is 1. The maximum Gasteiger partial charge on any atom is 0.161 e. The van der Waals surface area contributed by atoms with Crippen molar-refractivity contribution in [3.63, 3.8) is 0 Å². The van der Waals surface area contributed by atoms with Gasteiger partial charge in [-0.2, -0.15) is 0 Å². The number of rotatable bonds is 2. The van der Waals surface area contributed by atoms with Crippen LogP contribution in [-0.4, -0.2) is 22.0 Å². The van der Waals surface area contributed by atoms with Crippen LogP contribution in [0.15, 0.2) is 42.7 Å². The predicted molar refractivity (Wildman–Crippen MR) is 85.0 cm³/mol. The van der Waals surface area contributed by atoms with Gasteiger partial charge in [0, 0.05) is 30.4 Å². The molecule has 0 amide bonds. The van der Waals surface area contributed by atoms with Crippen LogP contribution >= 0.6 is 22.6 Å². The third kappa shape index (κ3) is 2.37. The molecular formula is C14H11IN4. The lowest BCUT2D eigenvalue weighted by Gasteiger charge is -2.06. The smallest absolute Gasteiger partial charge is 0.161 e. The van der Waals surface area contributed by atoms with Gasteiger partial charge < -0.3 is 5.32 Å². The van der Waals surface area contributed by atoms with Crippen LogP contribution in [0.2, 0.25) is 0 Å². The molecule has 5 heteroatoms. The first kappa shape index (κ1) is 12.3. The predicted octanol–water partition coefficient (Wildman–Crippen LogP) is 3.34. The summed E-state index contributed by atoms with van der Waals surface area (Å²) in [7, 11) is 1.86. The minimum absolute atomic E-state index is 0.718. The summed E-state index contributed by atoms with van der Waals surface area (Å²) in [5.74, 6) is 1.56. The number of hydrogen-bond donors (Lipinski definition) is 1. The van der Waals surface area contributed by atoms with Gasteiger partial charge in [0.1, 0.15) is 5.82 Å². The van der Waals surface area contributed by atoms with Gasteiger partial charge in [0.2, 0.25) is 0 Å². The highest BCUT2D eigenvalue weighted by atomic mass is 127. The van der Waals surface area contributed by atoms with Crippen LogP contribution in [0.5, 0.6) is 0 Å². The third-order valence-electron chi connectivity index (χ3n) is 2.84. The van der Waals surface area contributed by atoms with Gasteiger partial charge in [-0.05, 0) is 46.9 Å². The van der Waals surface area contributed by atoms with Crippen molar-refractivity contribution in [1.29, 1.82) is 0 Å². The van der Waals surface area contributed by atoms with Gasteiger partial charge >= 0.3 is 0 Å². The van der Waals surface area contributed by atoms with E-state index in [1.165, 1.54) is 0 Å². The lowest BCUT2D eigenvalue weighted by Crippen LogP contribution is -1.99. The molecule has 1 N–H and O–H groups in total. The number of nitrogens with zero attached hydrogens (tertiary/aromatic N) is 3. The molecule has 0 aliphatic rings. The fourth-order valence-electron chi connectivity index (χ4n) is 1.90. The van der Waals surface area contributed by atoms with E-state index in [1.54, 1.807) is 6.20 Å². The van der Waals surface area contributed by atoms with Crippen molar-refractivity contribution in [2.45, 2.75) is 0 Å². The molecule has 94 valence electrons. The number of hydrogen-bond acceptors (Lipinski definition) is 4. The fraction of sp³-hybridized carbons (Fsp3) is 0.0714. The Kier molecular flexibility index (Phi) is 3.29. The summed E-state index contributed by atoms with van der Waals surface area (Å²) in [6.07, 6.45) is 3.62. The van der Waals surface area contributed by atoms with E-state index < -0.39 is 0 Å². The second kappa shape index (κ2) is 5.08. The molecule has 3 rings (SSSR count). The summed E-state index contributed by atoms with van der Waals surface area (Å²) in [4.78, 5) is 13.2. The first-order valence-corrected chi connectivity index (χ1v) is 6.91. The van der Waals surface area contributed by atoms with Gasteiger partial charge in [0.15, 0.2) is 5.82 Å². The maximum atomic E-state index is 4.52. The van der Waals surface area contributed by atoms with Crippen LogP contribution in [-0.2, 0) is 0 Å². The molecule has 0 spiro atoms. The lowest BCUT2D eigenvalue weighted by atomic mass is 10.1. The number of fused-ring (bicyclic) bond motifs is 1. The van der Waals surface area contributed by atoms with Crippen molar-refractivity contribution < 1.29 is 0 Å². The van der Waals surface area contributed by atoms with Crippen LogP contribution in [0.25, 0.3) is 22.3 Å². The minimum Gasteiger partial charge on any atom is -0.372 e. The molecule has 19 heavy (non-hydrogen) atoms. The molecule has 0 saturated heterocycles. The van der Waals surface area contributed by atoms with Crippen LogP contribution in [0, 0.1) is 3.57 Å². The Morgan fingerprint density at radius 1 is 1.16 bits per heavy atom. The van der Waals surface area contributed by atoms with E-state index in [0.717, 1.165) is 31.7 Å². The van der Waals surface area contributed by atoms with Crippen molar-refractivity contribution in [2.75, 3.05) is 12.4 Å². The van der Waals surface area contributed by atoms with Gasteiger partial charge in [-0.3, -0.25) is 4.98 Å². The van der Waals surface area contributed by atoms with Crippen molar-refractivity contribution in [3.05, 3.63) is 46.3 Å². The second-order valence-corrected chi connectivity index (χ2v) is 5.21. The molecule has 4 nitrogen and oxygen atoms in total. The van der Waals surface area contributed by atoms with E-state index in [1.807, 2.05) is 37.5 Å². The first-order valence-electron chi connectivity index (χ1n) is 5.83. The summed E-state index contributed by atoms with van der Waals surface area (Å²) in [5.41, 5.74) is 1.97. The van der Waals surface area contributed by atoms with Crippen molar-refractivity contribution in [1.82, 2.24) is 15.0 Å². The van der Waals surface area contributed by atoms with Gasteiger partial charge in [-0.1, -0.05) is 6.07 Å². The molecule has 0 aliphatic carbocycles. The standard InChI is InChI=1S/C14H11IN4/c1-16-14-11(15)8-18-13(19-14)10-4-5-12-9(7-10)3-2-6-17-12/h2-8H,1H3,(H,16,18,19). The van der Waals surface area contributed by atoms with E-state index >= 15 is 0 Å². The monoisotopic (exact) mass is 362 g/mol. The van der Waals surface area contributed by atoms with E-state index in [9.17, 15) is 0 Å². The quantitative estimate of drug-likeness (QED) is 0.711. The van der Waals surface area contributed by atoms with Crippen molar-refractivity contribution in [2.24, 2.45) is 0 Å². The molecule has 3 aromatic rings. The maximum absolute atomic E-state index is 4.52. The zero-order chi connectivity index (χ0) is 13.2. The Labute approximate surface area is 124 Å². The van der Waals surface area contributed by atoms with Crippen LogP contribution in [0.4, 0.5) is 5.82 Å². The summed E-state index contributed by atoms with van der Waals surface area (Å²) in [6.45, 7) is 0. The van der Waals surface area contributed by atoms with Gasteiger partial charge in [0.25, 0.3) is 0 Å². The van der Waals surface area contributed by atoms with E-state index in [2.05, 4.69) is 48.9 Å². The van der Waals surface area contributed by atoms with Crippen molar-refractivity contribution in [3.8, 4) is 11.4 Å². The van der Waals surface area contributed by atoms with E-state index in [0.29, 0.717) is 0 Å². The minimum atomic E-state index is 0.718. The molecule has 2 aromatic heterocycles. The molecule has 1 aromatic carbocycles. The largest absolute Gasteiger partial charge is 0.372 e. The Hall–Kier alpha value is -1.76. The highest BCUT2D eigenvalue weighted by Gasteiger charge is 2.06. The molecule has 0 radical (unpaired) electrons. The average molecular weight is 362 g/mol. The lowest BCUT2D eigenvalue weighted by molar-refractivity contribution is 1.15. The zero-order valence-corrected chi connectivity index (χ0v) is 12.4. The SMILES string of the molecule is CNc1nc(-c2ccc3ncccc3c2)ncc1I. The molecule has 0 atom stereocenters. The van der Waals surface area contributed by atoms with E-state index in [-0.39, 0.29) is 0 Å². The van der Waals surface area contributed by atoms with Crippen LogP contribution in [0.3, 0.4) is 0 Å². The van der Waals surface area contributed by atoms with Crippen LogP contribution in [0.1, 0.15) is 0 Å². The number of benzene rings is 1. The average Bonchev–Trinajstić information content (AvgIpc) is 2.47. The van der Waals surface area contributed by atoms with Crippen LogP contribution < -0.4 is 5.32 Å². The molecule has 0 aliphatic heterocycles. The topological polar surface area (TPSA) is 50.7 Å². The number of pyridine rings is 1. The molecular weight excluding hydrogens is 351 g/mol. The highest BCUT2D eigenvalue weighted by Crippen LogP contribution is 2.23. The highest BCUT2D eigenvalue weighted by molar-refractivity contribution is 14.1. The summed E-state index contributed by atoms with van der Waals surface area (Å²) in [5, 5.41) is 4.16. The Balaban J connectivity index is 2.13. The van der Waals surface area contributed by atoms with E-state index in [4.69, 9.17) is 0 Å². The van der Waals surface area contributed by atoms with Crippen molar-refractivity contribution >= 4 is 39.3 Å². The normalized spacial score (nSPS) is 10.6. The molecule has 0 bridgehead atoms.